The van der Waals surface area contributed by atoms with Gasteiger partial charge in [0.2, 0.25) is 21.8 Å². The van der Waals surface area contributed by atoms with Gasteiger partial charge in [-0.2, -0.15) is 0 Å². The zero-order valence-electron chi connectivity index (χ0n) is 20.9. The summed E-state index contributed by atoms with van der Waals surface area (Å²) in [6, 6.07) is 14.6. The van der Waals surface area contributed by atoms with E-state index in [1.165, 1.54) is 18.2 Å². The van der Waals surface area contributed by atoms with Gasteiger partial charge < -0.3 is 10.2 Å². The number of halogens is 1. The summed E-state index contributed by atoms with van der Waals surface area (Å²) in [4.78, 5) is 27.7. The molecule has 9 heteroatoms. The summed E-state index contributed by atoms with van der Waals surface area (Å²) in [6.07, 6.45) is 2.26. The lowest BCUT2D eigenvalue weighted by atomic mass is 10.1. The maximum Gasteiger partial charge on any atom is 0.242 e. The molecule has 0 aliphatic heterocycles. The molecular weight excluding hydrogens is 469 g/mol. The molecule has 2 aromatic carbocycles. The summed E-state index contributed by atoms with van der Waals surface area (Å²) in [5, 5.41) is 2.89. The minimum absolute atomic E-state index is 0.0285. The highest BCUT2D eigenvalue weighted by molar-refractivity contribution is 7.92. The first-order valence-corrected chi connectivity index (χ1v) is 13.8. The van der Waals surface area contributed by atoms with Crippen LogP contribution in [0.2, 0.25) is 0 Å². The second-order valence-electron chi connectivity index (χ2n) is 8.80. The zero-order valence-corrected chi connectivity index (χ0v) is 21.7. The summed E-state index contributed by atoms with van der Waals surface area (Å²) >= 11 is 0. The lowest BCUT2D eigenvalue weighted by molar-refractivity contribution is -0.141. The van der Waals surface area contributed by atoms with E-state index in [1.807, 2.05) is 51.1 Å². The Bertz CT molecular complexity index is 1080. The Morgan fingerprint density at radius 1 is 1.00 bits per heavy atom. The highest BCUT2D eigenvalue weighted by Gasteiger charge is 2.29. The number of rotatable bonds is 13. The third-order valence-electron chi connectivity index (χ3n) is 5.57. The van der Waals surface area contributed by atoms with Gasteiger partial charge in [0.05, 0.1) is 11.9 Å². The molecule has 7 nitrogen and oxygen atoms in total. The number of carbonyl (C=O) groups excluding carboxylic acids is 2. The fourth-order valence-electron chi connectivity index (χ4n) is 3.91. The smallest absolute Gasteiger partial charge is 0.242 e. The van der Waals surface area contributed by atoms with Crippen LogP contribution >= 0.6 is 0 Å². The van der Waals surface area contributed by atoms with E-state index in [0.29, 0.717) is 19.4 Å². The van der Waals surface area contributed by atoms with Gasteiger partial charge in [0.1, 0.15) is 11.9 Å². The van der Waals surface area contributed by atoms with Gasteiger partial charge in [-0.15, -0.1) is 0 Å². The van der Waals surface area contributed by atoms with Gasteiger partial charge in [-0.25, -0.2) is 12.8 Å². The third kappa shape index (κ3) is 8.65. The van der Waals surface area contributed by atoms with Crippen molar-refractivity contribution in [3.8, 4) is 0 Å². The number of benzene rings is 2. The molecule has 0 radical (unpaired) electrons. The number of hydrogen-bond acceptors (Lipinski definition) is 4. The van der Waals surface area contributed by atoms with Crippen LogP contribution in [0.4, 0.5) is 10.1 Å². The number of nitrogens with zero attached hydrogens (tertiary/aromatic N) is 2. The monoisotopic (exact) mass is 505 g/mol. The Morgan fingerprint density at radius 3 is 2.20 bits per heavy atom. The van der Waals surface area contributed by atoms with E-state index in [-0.39, 0.29) is 42.9 Å². The van der Waals surface area contributed by atoms with Crippen molar-refractivity contribution in [1.82, 2.24) is 10.2 Å². The molecule has 2 rings (SSSR count). The molecule has 2 aromatic rings. The lowest BCUT2D eigenvalue weighted by Crippen LogP contribution is -2.51. The van der Waals surface area contributed by atoms with Crippen molar-refractivity contribution in [2.24, 2.45) is 0 Å². The second kappa shape index (κ2) is 13.2. The summed E-state index contributed by atoms with van der Waals surface area (Å²) in [7, 11) is -3.75. The van der Waals surface area contributed by atoms with E-state index in [1.54, 1.807) is 11.0 Å². The first-order valence-electron chi connectivity index (χ1n) is 11.9. The van der Waals surface area contributed by atoms with Crippen molar-refractivity contribution >= 4 is 27.5 Å². The Balaban J connectivity index is 2.16. The fraction of sp³-hybridized carbons (Fsp3) is 0.462. The molecule has 0 aliphatic carbocycles. The highest BCUT2D eigenvalue weighted by atomic mass is 32.2. The number of hydrogen-bond donors (Lipinski definition) is 1. The average Bonchev–Trinajstić information content (AvgIpc) is 2.79. The minimum Gasteiger partial charge on any atom is -0.352 e. The van der Waals surface area contributed by atoms with E-state index in [2.05, 4.69) is 5.32 Å². The molecule has 35 heavy (non-hydrogen) atoms. The predicted octanol–water partition coefficient (Wildman–Crippen LogP) is 3.75. The van der Waals surface area contributed by atoms with Crippen LogP contribution in [0.3, 0.4) is 0 Å². The van der Waals surface area contributed by atoms with Crippen molar-refractivity contribution in [1.29, 1.82) is 0 Å². The van der Waals surface area contributed by atoms with Crippen LogP contribution in [0.5, 0.6) is 0 Å². The molecular formula is C26H36FN3O4S. The predicted molar refractivity (Wildman–Crippen MR) is 137 cm³/mol. The number of para-hydroxylation sites is 1. The minimum atomic E-state index is -3.75. The maximum absolute atomic E-state index is 14.3. The second-order valence-corrected chi connectivity index (χ2v) is 10.7. The van der Waals surface area contributed by atoms with Gasteiger partial charge in [0.15, 0.2) is 0 Å². The highest BCUT2D eigenvalue weighted by Crippen LogP contribution is 2.22. The Labute approximate surface area is 208 Å². The number of carbonyl (C=O) groups is 2. The van der Waals surface area contributed by atoms with Crippen molar-refractivity contribution in [2.45, 2.75) is 58.5 Å². The van der Waals surface area contributed by atoms with Crippen LogP contribution in [0.15, 0.2) is 54.6 Å². The van der Waals surface area contributed by atoms with Crippen LogP contribution in [-0.2, 0) is 26.0 Å². The number of nitrogens with one attached hydrogen (secondary N) is 1. The first-order chi connectivity index (χ1) is 16.5. The Morgan fingerprint density at radius 2 is 1.63 bits per heavy atom. The summed E-state index contributed by atoms with van der Waals surface area (Å²) in [5.74, 6) is -1.10. The fourth-order valence-corrected chi connectivity index (χ4v) is 4.88. The summed E-state index contributed by atoms with van der Waals surface area (Å²) in [5.41, 5.74) is 0.998. The van der Waals surface area contributed by atoms with Crippen LogP contribution in [0.1, 0.15) is 45.6 Å². The van der Waals surface area contributed by atoms with Crippen LogP contribution in [-0.4, -0.2) is 56.6 Å². The van der Waals surface area contributed by atoms with E-state index in [0.717, 1.165) is 16.1 Å². The molecule has 0 fully saturated rings. The number of anilines is 1. The molecule has 0 unspecified atom stereocenters. The van der Waals surface area contributed by atoms with E-state index in [4.69, 9.17) is 0 Å². The van der Waals surface area contributed by atoms with Gasteiger partial charge >= 0.3 is 0 Å². The average molecular weight is 506 g/mol. The van der Waals surface area contributed by atoms with Gasteiger partial charge in [-0.05, 0) is 50.8 Å². The molecule has 0 saturated carbocycles. The summed E-state index contributed by atoms with van der Waals surface area (Å²) in [6.45, 7) is 5.90. The number of amides is 2. The Kier molecular flexibility index (Phi) is 10.7. The van der Waals surface area contributed by atoms with Gasteiger partial charge in [0, 0.05) is 25.6 Å². The van der Waals surface area contributed by atoms with E-state index < -0.39 is 21.9 Å². The Hall–Kier alpha value is -2.94. The van der Waals surface area contributed by atoms with Crippen LogP contribution in [0.25, 0.3) is 0 Å². The zero-order chi connectivity index (χ0) is 26.0. The summed E-state index contributed by atoms with van der Waals surface area (Å²) < 4.78 is 39.9. The van der Waals surface area contributed by atoms with Crippen molar-refractivity contribution in [3.63, 3.8) is 0 Å². The molecule has 0 bridgehead atoms. The van der Waals surface area contributed by atoms with E-state index >= 15 is 0 Å². The molecule has 1 N–H and O–H groups in total. The molecule has 2 amide bonds. The van der Waals surface area contributed by atoms with Crippen LogP contribution < -0.4 is 9.62 Å². The van der Waals surface area contributed by atoms with Crippen molar-refractivity contribution in [2.75, 3.05) is 23.7 Å². The maximum atomic E-state index is 14.3. The SMILES string of the molecule is CC[C@@H](C(=O)NC(C)C)N(CCc1ccccc1)C(=O)CCCN(c1ccccc1F)S(C)(=O)=O. The van der Waals surface area contributed by atoms with Crippen LogP contribution in [0, 0.1) is 5.82 Å². The van der Waals surface area contributed by atoms with E-state index in [9.17, 15) is 22.4 Å². The molecule has 0 spiro atoms. The first kappa shape index (κ1) is 28.3. The molecule has 1 atom stereocenters. The van der Waals surface area contributed by atoms with Gasteiger partial charge in [-0.3, -0.25) is 13.9 Å². The molecule has 0 saturated heterocycles. The lowest BCUT2D eigenvalue weighted by Gasteiger charge is -2.31. The molecule has 0 aliphatic rings. The molecule has 192 valence electrons. The topological polar surface area (TPSA) is 86.8 Å². The number of sulfonamides is 1. The molecule has 0 heterocycles. The van der Waals surface area contributed by atoms with Gasteiger partial charge in [0.25, 0.3) is 0 Å². The van der Waals surface area contributed by atoms with Crippen molar-refractivity contribution < 1.29 is 22.4 Å². The molecule has 0 aromatic heterocycles. The van der Waals surface area contributed by atoms with Crippen molar-refractivity contribution in [3.05, 3.63) is 66.0 Å². The normalized spacial score (nSPS) is 12.3. The quantitative estimate of drug-likeness (QED) is 0.449. The standard InChI is InChI=1S/C26H36FN3O4S/c1-5-23(26(32)28-20(2)3)29(19-17-21-12-7-6-8-13-21)25(31)16-11-18-30(35(4,33)34)24-15-10-9-14-22(24)27/h6-10,12-15,20,23H,5,11,16-19H2,1-4H3,(H,28,32)/t23-/m0/s1. The largest absolute Gasteiger partial charge is 0.352 e. The van der Waals surface area contributed by atoms with Gasteiger partial charge in [-0.1, -0.05) is 49.4 Å². The third-order valence-corrected chi connectivity index (χ3v) is 6.75.